The maximum absolute atomic E-state index is 6.06. The highest BCUT2D eigenvalue weighted by atomic mass is 79.9. The molecule has 0 radical (unpaired) electrons. The molecule has 0 saturated carbocycles. The lowest BCUT2D eigenvalue weighted by Crippen LogP contribution is -2.15. The van der Waals surface area contributed by atoms with Crippen LogP contribution in [-0.4, -0.2) is 11.5 Å². The third-order valence-corrected chi connectivity index (χ3v) is 4.79. The molecule has 0 amide bonds. The molecule has 21 heavy (non-hydrogen) atoms. The predicted molar refractivity (Wildman–Crippen MR) is 92.7 cm³/mol. The summed E-state index contributed by atoms with van der Waals surface area (Å²) in [5, 5.41) is 1.29. The normalized spacial score (nSPS) is 12.7. The number of aryl methyl sites for hydroxylation is 1. The Morgan fingerprint density at radius 2 is 2.00 bits per heavy atom. The predicted octanol–water partition coefficient (Wildman–Crippen LogP) is 4.52. The molecule has 0 aliphatic heterocycles. The third-order valence-electron chi connectivity index (χ3n) is 4.02. The second kappa shape index (κ2) is 6.04. The van der Waals surface area contributed by atoms with Crippen LogP contribution < -0.4 is 5.73 Å². The maximum atomic E-state index is 6.06. The first-order valence-corrected chi connectivity index (χ1v) is 7.99. The van der Waals surface area contributed by atoms with Crippen molar-refractivity contribution in [3.63, 3.8) is 0 Å². The Morgan fingerprint density at radius 1 is 1.19 bits per heavy atom. The molecule has 0 fully saturated rings. The van der Waals surface area contributed by atoms with E-state index >= 15 is 0 Å². The Balaban J connectivity index is 1.99. The van der Waals surface area contributed by atoms with Crippen LogP contribution in [-0.2, 0) is 6.42 Å². The molecular formula is C18H19BrN2. The van der Waals surface area contributed by atoms with Crippen molar-refractivity contribution < 1.29 is 0 Å². The molecule has 108 valence electrons. The van der Waals surface area contributed by atoms with Crippen molar-refractivity contribution in [3.8, 4) is 0 Å². The molecule has 2 aromatic carbocycles. The van der Waals surface area contributed by atoms with E-state index in [0.29, 0.717) is 12.5 Å². The lowest BCUT2D eigenvalue weighted by atomic mass is 9.91. The fourth-order valence-electron chi connectivity index (χ4n) is 2.84. The second-order valence-corrected chi connectivity index (χ2v) is 6.38. The molecule has 3 heteroatoms. The highest BCUT2D eigenvalue weighted by Gasteiger charge is 2.16. The molecule has 0 aliphatic rings. The van der Waals surface area contributed by atoms with E-state index in [4.69, 9.17) is 5.73 Å². The van der Waals surface area contributed by atoms with Crippen LogP contribution in [0.5, 0.6) is 0 Å². The van der Waals surface area contributed by atoms with Gasteiger partial charge in [-0.05, 0) is 49.2 Å². The number of rotatable bonds is 4. The molecule has 3 rings (SSSR count). The van der Waals surface area contributed by atoms with Gasteiger partial charge >= 0.3 is 0 Å². The van der Waals surface area contributed by atoms with Crippen molar-refractivity contribution in [2.75, 3.05) is 6.54 Å². The zero-order chi connectivity index (χ0) is 14.8. The zero-order valence-electron chi connectivity index (χ0n) is 12.1. The minimum Gasteiger partial charge on any atom is -0.361 e. The zero-order valence-corrected chi connectivity index (χ0v) is 13.7. The maximum Gasteiger partial charge on any atom is 0.0457 e. The summed E-state index contributed by atoms with van der Waals surface area (Å²) in [6, 6.07) is 14.9. The molecule has 1 heterocycles. The van der Waals surface area contributed by atoms with Gasteiger partial charge in [0.05, 0.1) is 0 Å². The van der Waals surface area contributed by atoms with Crippen LogP contribution in [0.3, 0.4) is 0 Å². The van der Waals surface area contributed by atoms with Gasteiger partial charge in [0, 0.05) is 27.5 Å². The first kappa shape index (κ1) is 14.4. The number of fused-ring (bicyclic) bond motifs is 1. The Bertz CT molecular complexity index is 761. The van der Waals surface area contributed by atoms with E-state index in [-0.39, 0.29) is 0 Å². The van der Waals surface area contributed by atoms with E-state index in [1.54, 1.807) is 0 Å². The molecular weight excluding hydrogens is 324 g/mol. The monoisotopic (exact) mass is 342 g/mol. The Labute approximate surface area is 133 Å². The number of H-pyrrole nitrogens is 1. The number of aromatic amines is 1. The number of nitrogens with two attached hydrogens (primary N) is 1. The van der Waals surface area contributed by atoms with Crippen molar-refractivity contribution in [1.82, 2.24) is 4.98 Å². The fourth-order valence-corrected chi connectivity index (χ4v) is 3.29. The molecule has 1 aromatic heterocycles. The number of aromatic nitrogens is 1. The van der Waals surface area contributed by atoms with Crippen LogP contribution in [0, 0.1) is 6.92 Å². The molecule has 0 saturated heterocycles. The van der Waals surface area contributed by atoms with Gasteiger partial charge in [-0.15, -0.1) is 0 Å². The van der Waals surface area contributed by atoms with Crippen LogP contribution in [0.1, 0.15) is 22.6 Å². The molecule has 1 unspecified atom stereocenters. The van der Waals surface area contributed by atoms with Crippen LogP contribution >= 0.6 is 15.9 Å². The van der Waals surface area contributed by atoms with Gasteiger partial charge in [0.1, 0.15) is 0 Å². The molecule has 2 nitrogen and oxygen atoms in total. The first-order chi connectivity index (χ1) is 10.2. The number of nitrogens with one attached hydrogen (secondary N) is 1. The summed E-state index contributed by atoms with van der Waals surface area (Å²) in [5.74, 6) is 0.319. The van der Waals surface area contributed by atoms with Gasteiger partial charge in [0.25, 0.3) is 0 Å². The molecule has 3 N–H and O–H groups in total. The van der Waals surface area contributed by atoms with Crippen LogP contribution in [0.15, 0.2) is 53.1 Å². The van der Waals surface area contributed by atoms with Crippen LogP contribution in [0.4, 0.5) is 0 Å². The van der Waals surface area contributed by atoms with Gasteiger partial charge in [-0.1, -0.05) is 45.8 Å². The second-order valence-electron chi connectivity index (χ2n) is 5.52. The van der Waals surface area contributed by atoms with Gasteiger partial charge in [-0.25, -0.2) is 0 Å². The van der Waals surface area contributed by atoms with Gasteiger partial charge in [-0.3, -0.25) is 0 Å². The van der Waals surface area contributed by atoms with E-state index in [1.807, 2.05) is 6.07 Å². The van der Waals surface area contributed by atoms with Crippen molar-refractivity contribution in [1.29, 1.82) is 0 Å². The lowest BCUT2D eigenvalue weighted by Gasteiger charge is -2.15. The lowest BCUT2D eigenvalue weighted by molar-refractivity contribution is 0.698. The molecule has 1 atom stereocenters. The fraction of sp³-hybridized carbons (Fsp3) is 0.222. The summed E-state index contributed by atoms with van der Waals surface area (Å²) in [6.07, 6.45) is 3.05. The van der Waals surface area contributed by atoms with E-state index in [9.17, 15) is 0 Å². The average Bonchev–Trinajstić information content (AvgIpc) is 2.89. The summed E-state index contributed by atoms with van der Waals surface area (Å²) in [4.78, 5) is 3.36. The number of benzene rings is 2. The first-order valence-electron chi connectivity index (χ1n) is 7.20. The van der Waals surface area contributed by atoms with E-state index in [0.717, 1.165) is 10.9 Å². The Hall–Kier alpha value is -1.58. The summed E-state index contributed by atoms with van der Waals surface area (Å²) >= 11 is 3.63. The van der Waals surface area contributed by atoms with Crippen LogP contribution in [0.25, 0.3) is 10.9 Å². The van der Waals surface area contributed by atoms with Crippen molar-refractivity contribution in [2.24, 2.45) is 5.73 Å². The molecule has 3 aromatic rings. The minimum atomic E-state index is 0.319. The summed E-state index contributed by atoms with van der Waals surface area (Å²) in [5.41, 5.74) is 11.1. The quantitative estimate of drug-likeness (QED) is 0.718. The average molecular weight is 343 g/mol. The number of hydrogen-bond donors (Lipinski definition) is 2. The smallest absolute Gasteiger partial charge is 0.0457 e. The standard InChI is InChI=1S/C18H19BrN2/c1-12-6-7-18-15(8-12)16(11-21-18)14(10-20)9-13-4-2-3-5-17(13)19/h2-8,11,14,21H,9-10,20H2,1H3. The number of halogens is 1. The highest BCUT2D eigenvalue weighted by molar-refractivity contribution is 9.10. The van der Waals surface area contributed by atoms with Gasteiger partial charge < -0.3 is 10.7 Å². The van der Waals surface area contributed by atoms with Gasteiger partial charge in [0.2, 0.25) is 0 Å². The highest BCUT2D eigenvalue weighted by Crippen LogP contribution is 2.30. The largest absolute Gasteiger partial charge is 0.361 e. The number of hydrogen-bond acceptors (Lipinski definition) is 1. The molecule has 0 bridgehead atoms. The van der Waals surface area contributed by atoms with Gasteiger partial charge in [0.15, 0.2) is 0 Å². The van der Waals surface area contributed by atoms with Crippen molar-refractivity contribution >= 4 is 26.8 Å². The topological polar surface area (TPSA) is 41.8 Å². The summed E-state index contributed by atoms with van der Waals surface area (Å²) in [6.45, 7) is 2.77. The summed E-state index contributed by atoms with van der Waals surface area (Å²) in [7, 11) is 0. The Kier molecular flexibility index (Phi) is 4.13. The third kappa shape index (κ3) is 2.89. The van der Waals surface area contributed by atoms with Gasteiger partial charge in [-0.2, -0.15) is 0 Å². The summed E-state index contributed by atoms with van der Waals surface area (Å²) < 4.78 is 1.15. The van der Waals surface area contributed by atoms with E-state index in [1.165, 1.54) is 27.6 Å². The minimum absolute atomic E-state index is 0.319. The van der Waals surface area contributed by atoms with Crippen molar-refractivity contribution in [2.45, 2.75) is 19.3 Å². The Morgan fingerprint density at radius 3 is 2.76 bits per heavy atom. The van der Waals surface area contributed by atoms with Crippen molar-refractivity contribution in [3.05, 3.63) is 69.8 Å². The van der Waals surface area contributed by atoms with E-state index in [2.05, 4.69) is 70.4 Å². The van der Waals surface area contributed by atoms with E-state index < -0.39 is 0 Å². The van der Waals surface area contributed by atoms with Crippen LogP contribution in [0.2, 0.25) is 0 Å². The molecule has 0 spiro atoms. The molecule has 0 aliphatic carbocycles. The SMILES string of the molecule is Cc1ccc2[nH]cc(C(CN)Cc3ccccc3Br)c2c1.